The van der Waals surface area contributed by atoms with Crippen molar-refractivity contribution in [3.8, 4) is 17.2 Å². The summed E-state index contributed by atoms with van der Waals surface area (Å²) in [5.74, 6) is 2.41. The van der Waals surface area contributed by atoms with E-state index in [4.69, 9.17) is 9.47 Å². The topological polar surface area (TPSA) is 81.5 Å². The predicted molar refractivity (Wildman–Crippen MR) is 140 cm³/mol. The molecule has 0 aliphatic carbocycles. The number of thioether (sulfide) groups is 1. The molecule has 0 radical (unpaired) electrons. The summed E-state index contributed by atoms with van der Waals surface area (Å²) in [5, 5.41) is 12.5. The fourth-order valence-corrected chi connectivity index (χ4v) is 4.62. The van der Waals surface area contributed by atoms with Crippen LogP contribution in [0.5, 0.6) is 11.5 Å². The van der Waals surface area contributed by atoms with E-state index in [9.17, 15) is 4.79 Å². The third-order valence-corrected chi connectivity index (χ3v) is 6.56. The summed E-state index contributed by atoms with van der Waals surface area (Å²) in [6.45, 7) is 3.85. The number of hydrogen-bond donors (Lipinski definition) is 1. The van der Waals surface area contributed by atoms with E-state index in [0.29, 0.717) is 23.1 Å². The highest BCUT2D eigenvalue weighted by Gasteiger charge is 2.19. The Morgan fingerprint density at radius 3 is 2.28 bits per heavy atom. The zero-order chi connectivity index (χ0) is 24.6. The molecule has 1 fully saturated rings. The van der Waals surface area contributed by atoms with Crippen LogP contribution in [0.15, 0.2) is 90.1 Å². The zero-order valence-electron chi connectivity index (χ0n) is 19.7. The van der Waals surface area contributed by atoms with Gasteiger partial charge in [-0.05, 0) is 48.5 Å². The smallest absolute Gasteiger partial charge is 0.234 e. The van der Waals surface area contributed by atoms with Gasteiger partial charge >= 0.3 is 0 Å². The van der Waals surface area contributed by atoms with Gasteiger partial charge in [0.25, 0.3) is 0 Å². The van der Waals surface area contributed by atoms with Crippen molar-refractivity contribution >= 4 is 23.4 Å². The van der Waals surface area contributed by atoms with Gasteiger partial charge in [-0.25, -0.2) is 0 Å². The second-order valence-corrected chi connectivity index (χ2v) is 9.18. The number of rotatable bonds is 9. The average Bonchev–Trinajstić information content (AvgIpc) is 3.32. The molecule has 1 saturated heterocycles. The summed E-state index contributed by atoms with van der Waals surface area (Å²) in [5.41, 5.74) is 1.68. The second-order valence-electron chi connectivity index (χ2n) is 8.23. The molecular formula is C27H27N5O3S. The van der Waals surface area contributed by atoms with E-state index in [2.05, 4.69) is 20.4 Å². The zero-order valence-corrected chi connectivity index (χ0v) is 20.6. The molecule has 0 spiro atoms. The van der Waals surface area contributed by atoms with Gasteiger partial charge in [-0.15, -0.1) is 10.2 Å². The van der Waals surface area contributed by atoms with Crippen molar-refractivity contribution in [1.29, 1.82) is 0 Å². The van der Waals surface area contributed by atoms with E-state index < -0.39 is 0 Å². The molecule has 1 aromatic heterocycles. The number of aromatic nitrogens is 3. The lowest BCUT2D eigenvalue weighted by molar-refractivity contribution is -0.113. The van der Waals surface area contributed by atoms with Gasteiger partial charge in [0.15, 0.2) is 11.0 Å². The van der Waals surface area contributed by atoms with Gasteiger partial charge in [-0.2, -0.15) is 0 Å². The Labute approximate surface area is 214 Å². The normalized spacial score (nSPS) is 13.9. The summed E-state index contributed by atoms with van der Waals surface area (Å²) in [6, 6.07) is 26.9. The first-order valence-electron chi connectivity index (χ1n) is 11.8. The molecule has 1 aliphatic rings. The van der Waals surface area contributed by atoms with E-state index in [1.165, 1.54) is 11.8 Å². The Kier molecular flexibility index (Phi) is 7.92. The molecule has 1 amide bonds. The highest BCUT2D eigenvalue weighted by atomic mass is 32.2. The van der Waals surface area contributed by atoms with Crippen LogP contribution in [-0.2, 0) is 16.1 Å². The highest BCUT2D eigenvalue weighted by Crippen LogP contribution is 2.25. The lowest BCUT2D eigenvalue weighted by atomic mass is 10.3. The molecule has 0 bridgehead atoms. The van der Waals surface area contributed by atoms with Crippen molar-refractivity contribution in [3.05, 3.63) is 90.8 Å². The number of para-hydroxylation sites is 2. The molecular weight excluding hydrogens is 474 g/mol. The Bertz CT molecular complexity index is 1260. The van der Waals surface area contributed by atoms with Crippen LogP contribution in [0, 0.1) is 0 Å². The maximum atomic E-state index is 12.7. The minimum absolute atomic E-state index is 0.117. The van der Waals surface area contributed by atoms with Crippen molar-refractivity contribution in [1.82, 2.24) is 19.7 Å². The molecule has 0 unspecified atom stereocenters. The van der Waals surface area contributed by atoms with Crippen LogP contribution in [0.3, 0.4) is 0 Å². The van der Waals surface area contributed by atoms with E-state index in [-0.39, 0.29) is 11.7 Å². The number of carbonyl (C=O) groups excluding carboxylic acids is 1. The molecule has 0 saturated carbocycles. The predicted octanol–water partition coefficient (Wildman–Crippen LogP) is 4.62. The second kappa shape index (κ2) is 11.9. The summed E-state index contributed by atoms with van der Waals surface area (Å²) in [6.07, 6.45) is 0. The minimum atomic E-state index is -0.117. The van der Waals surface area contributed by atoms with Crippen LogP contribution in [0.1, 0.15) is 5.82 Å². The van der Waals surface area contributed by atoms with Crippen molar-refractivity contribution in [3.63, 3.8) is 0 Å². The molecule has 8 nitrogen and oxygen atoms in total. The van der Waals surface area contributed by atoms with Gasteiger partial charge in [0.05, 0.1) is 25.5 Å². The fraction of sp³-hybridized carbons (Fsp3) is 0.222. The van der Waals surface area contributed by atoms with Crippen LogP contribution in [-0.4, -0.2) is 57.6 Å². The van der Waals surface area contributed by atoms with Crippen molar-refractivity contribution in [2.75, 3.05) is 37.4 Å². The molecule has 1 N–H and O–H groups in total. The number of hydrogen-bond acceptors (Lipinski definition) is 7. The Hall–Kier alpha value is -3.66. The molecule has 36 heavy (non-hydrogen) atoms. The van der Waals surface area contributed by atoms with Crippen molar-refractivity contribution in [2.45, 2.75) is 11.7 Å². The standard InChI is InChI=1S/C27H27N5O3S/c33-26(28-21-11-13-24(14-12-21)35-23-9-5-2-6-10-23)20-36-27-30-29-25(19-31-15-17-34-18-16-31)32(27)22-7-3-1-4-8-22/h1-14H,15-20H2,(H,28,33). The highest BCUT2D eigenvalue weighted by molar-refractivity contribution is 7.99. The van der Waals surface area contributed by atoms with E-state index in [1.54, 1.807) is 0 Å². The van der Waals surface area contributed by atoms with E-state index in [0.717, 1.165) is 43.6 Å². The number of benzene rings is 3. The molecule has 2 heterocycles. The van der Waals surface area contributed by atoms with Gasteiger partial charge in [0, 0.05) is 24.5 Å². The molecule has 184 valence electrons. The third kappa shape index (κ3) is 6.31. The van der Waals surface area contributed by atoms with Crippen LogP contribution >= 0.6 is 11.8 Å². The maximum Gasteiger partial charge on any atom is 0.234 e. The molecule has 0 atom stereocenters. The molecule has 3 aromatic carbocycles. The third-order valence-electron chi connectivity index (χ3n) is 5.63. The number of nitrogens with one attached hydrogen (secondary N) is 1. The van der Waals surface area contributed by atoms with Gasteiger partial charge in [0.1, 0.15) is 11.5 Å². The SMILES string of the molecule is O=C(CSc1nnc(CN2CCOCC2)n1-c1ccccc1)Nc1ccc(Oc2ccccc2)cc1. The van der Waals surface area contributed by atoms with Crippen LogP contribution in [0.2, 0.25) is 0 Å². The molecule has 4 aromatic rings. The van der Waals surface area contributed by atoms with E-state index >= 15 is 0 Å². The van der Waals surface area contributed by atoms with Gasteiger partial charge in [-0.1, -0.05) is 48.2 Å². The van der Waals surface area contributed by atoms with Gasteiger partial charge in [-0.3, -0.25) is 14.3 Å². The minimum Gasteiger partial charge on any atom is -0.457 e. The maximum absolute atomic E-state index is 12.7. The van der Waals surface area contributed by atoms with E-state index in [1.807, 2.05) is 89.5 Å². The monoisotopic (exact) mass is 501 g/mol. The first-order valence-corrected chi connectivity index (χ1v) is 12.8. The van der Waals surface area contributed by atoms with Gasteiger partial charge in [0.2, 0.25) is 5.91 Å². The Morgan fingerprint density at radius 2 is 1.56 bits per heavy atom. The molecule has 5 rings (SSSR count). The summed E-state index contributed by atoms with van der Waals surface area (Å²) in [7, 11) is 0. The lowest BCUT2D eigenvalue weighted by Crippen LogP contribution is -2.36. The van der Waals surface area contributed by atoms with Crippen LogP contribution in [0.25, 0.3) is 5.69 Å². The summed E-state index contributed by atoms with van der Waals surface area (Å²) >= 11 is 1.37. The van der Waals surface area contributed by atoms with Gasteiger partial charge < -0.3 is 14.8 Å². The molecule has 9 heteroatoms. The van der Waals surface area contributed by atoms with Crippen LogP contribution < -0.4 is 10.1 Å². The number of morpholine rings is 1. The number of carbonyl (C=O) groups is 1. The van der Waals surface area contributed by atoms with Crippen molar-refractivity contribution < 1.29 is 14.3 Å². The average molecular weight is 502 g/mol. The largest absolute Gasteiger partial charge is 0.457 e. The summed E-state index contributed by atoms with van der Waals surface area (Å²) < 4.78 is 13.3. The van der Waals surface area contributed by atoms with Crippen molar-refractivity contribution in [2.24, 2.45) is 0 Å². The number of ether oxygens (including phenoxy) is 2. The quantitative estimate of drug-likeness (QED) is 0.335. The first kappa shape index (κ1) is 24.1. The van der Waals surface area contributed by atoms with Crippen LogP contribution in [0.4, 0.5) is 5.69 Å². The summed E-state index contributed by atoms with van der Waals surface area (Å²) in [4.78, 5) is 15.0. The Morgan fingerprint density at radius 1 is 0.889 bits per heavy atom. The first-order chi connectivity index (χ1) is 17.7. The fourth-order valence-electron chi connectivity index (χ4n) is 3.85. The number of amides is 1. The Balaban J connectivity index is 1.22. The number of nitrogens with zero attached hydrogens (tertiary/aromatic N) is 4. The molecule has 1 aliphatic heterocycles. The number of anilines is 1. The lowest BCUT2D eigenvalue weighted by Gasteiger charge is -2.26.